The van der Waals surface area contributed by atoms with E-state index in [1.165, 1.54) is 11.3 Å². The molecule has 0 unspecified atom stereocenters. The summed E-state index contributed by atoms with van der Waals surface area (Å²) in [5.74, 6) is -0.461. The molecule has 1 aliphatic rings. The second-order valence-corrected chi connectivity index (χ2v) is 12.6. The highest BCUT2D eigenvalue weighted by Gasteiger charge is 2.33. The molecule has 2 aromatic heterocycles. The van der Waals surface area contributed by atoms with Gasteiger partial charge in [-0.3, -0.25) is 9.36 Å². The van der Waals surface area contributed by atoms with Gasteiger partial charge in [-0.05, 0) is 74.6 Å². The zero-order chi connectivity index (χ0) is 30.2. The van der Waals surface area contributed by atoms with Crippen LogP contribution in [0.5, 0.6) is 0 Å². The van der Waals surface area contributed by atoms with Crippen molar-refractivity contribution in [3.8, 4) is 0 Å². The number of aromatic nitrogens is 2. The minimum absolute atomic E-state index is 0.192. The highest BCUT2D eigenvalue weighted by atomic mass is 35.5. The highest BCUT2D eigenvalue weighted by molar-refractivity contribution is 7.98. The van der Waals surface area contributed by atoms with Crippen molar-refractivity contribution in [2.45, 2.75) is 38.3 Å². The van der Waals surface area contributed by atoms with Gasteiger partial charge in [-0.25, -0.2) is 9.79 Å². The minimum atomic E-state index is -0.640. The Hall–Kier alpha value is -3.85. The fourth-order valence-corrected chi connectivity index (χ4v) is 7.34. The maximum Gasteiger partial charge on any atom is 0.338 e. The maximum absolute atomic E-state index is 14.2. The Morgan fingerprint density at radius 3 is 2.58 bits per heavy atom. The molecule has 218 valence electrons. The number of ether oxygens (including phenoxy) is 1. The summed E-state index contributed by atoms with van der Waals surface area (Å²) in [6.07, 6.45) is 3.98. The molecule has 6 nitrogen and oxygen atoms in total. The molecule has 1 aliphatic heterocycles. The molecule has 1 atom stereocenters. The third kappa shape index (κ3) is 5.39. The number of carbonyl (C=O) groups is 1. The van der Waals surface area contributed by atoms with E-state index in [4.69, 9.17) is 21.3 Å². The molecule has 0 amide bonds. The molecule has 43 heavy (non-hydrogen) atoms. The van der Waals surface area contributed by atoms with Gasteiger partial charge < -0.3 is 9.30 Å². The summed E-state index contributed by atoms with van der Waals surface area (Å²) < 4.78 is 9.89. The van der Waals surface area contributed by atoms with Crippen LogP contribution in [-0.2, 0) is 16.1 Å². The third-order valence-electron chi connectivity index (χ3n) is 7.73. The van der Waals surface area contributed by atoms with Crippen LogP contribution in [0.1, 0.15) is 42.3 Å². The Bertz CT molecular complexity index is 2090. The molecule has 0 saturated carbocycles. The number of hydrogen-bond acceptors (Lipinski definition) is 6. The summed E-state index contributed by atoms with van der Waals surface area (Å²) in [5.41, 5.74) is 5.76. The normalized spacial score (nSPS) is 15.1. The molecule has 0 saturated heterocycles. The van der Waals surface area contributed by atoms with Crippen LogP contribution in [0.4, 0.5) is 0 Å². The van der Waals surface area contributed by atoms with Crippen molar-refractivity contribution >= 4 is 57.6 Å². The van der Waals surface area contributed by atoms with Crippen LogP contribution in [0.3, 0.4) is 0 Å². The first kappa shape index (κ1) is 29.2. The fraction of sp³-hybridized carbons (Fsp3) is 0.206. The Morgan fingerprint density at radius 2 is 1.86 bits per heavy atom. The lowest BCUT2D eigenvalue weighted by molar-refractivity contribution is -0.139. The van der Waals surface area contributed by atoms with Gasteiger partial charge >= 0.3 is 5.97 Å². The molecule has 5 aromatic rings. The monoisotopic (exact) mass is 627 g/mol. The Morgan fingerprint density at radius 1 is 1.09 bits per heavy atom. The van der Waals surface area contributed by atoms with Crippen molar-refractivity contribution in [2.75, 3.05) is 12.9 Å². The smallest absolute Gasteiger partial charge is 0.338 e. The van der Waals surface area contributed by atoms with Gasteiger partial charge in [0, 0.05) is 38.6 Å². The molecule has 6 rings (SSSR count). The number of esters is 1. The summed E-state index contributed by atoms with van der Waals surface area (Å²) in [6, 6.07) is 23.4. The largest absolute Gasteiger partial charge is 0.463 e. The van der Waals surface area contributed by atoms with E-state index in [0.29, 0.717) is 32.2 Å². The van der Waals surface area contributed by atoms with Gasteiger partial charge in [-0.2, -0.15) is 0 Å². The average molecular weight is 628 g/mol. The first-order chi connectivity index (χ1) is 20.8. The second kappa shape index (κ2) is 12.0. The van der Waals surface area contributed by atoms with Gasteiger partial charge in [0.25, 0.3) is 5.56 Å². The molecule has 0 radical (unpaired) electrons. The molecule has 9 heteroatoms. The van der Waals surface area contributed by atoms with Crippen LogP contribution in [0.15, 0.2) is 98.7 Å². The summed E-state index contributed by atoms with van der Waals surface area (Å²) in [7, 11) is 0. The predicted octanol–water partition coefficient (Wildman–Crippen LogP) is 6.49. The van der Waals surface area contributed by atoms with Crippen LogP contribution in [0.25, 0.3) is 17.0 Å². The lowest BCUT2D eigenvalue weighted by Gasteiger charge is -2.24. The Kier molecular flexibility index (Phi) is 8.18. The maximum atomic E-state index is 14.2. The molecule has 0 aliphatic carbocycles. The highest BCUT2D eigenvalue weighted by Crippen LogP contribution is 2.32. The number of hydrogen-bond donors (Lipinski definition) is 0. The van der Waals surface area contributed by atoms with Crippen molar-refractivity contribution in [3.05, 3.63) is 131 Å². The van der Waals surface area contributed by atoms with Crippen LogP contribution in [0.2, 0.25) is 5.02 Å². The van der Waals surface area contributed by atoms with E-state index in [1.807, 2.05) is 66.9 Å². The molecule has 3 heterocycles. The number of allylic oxidation sites excluding steroid dienone is 1. The van der Waals surface area contributed by atoms with E-state index >= 15 is 0 Å². The van der Waals surface area contributed by atoms with Gasteiger partial charge in [0.15, 0.2) is 4.80 Å². The van der Waals surface area contributed by atoms with Crippen LogP contribution in [0, 0.1) is 6.92 Å². The average Bonchev–Trinajstić information content (AvgIpc) is 3.45. The number of halogens is 1. The third-order valence-corrected chi connectivity index (χ3v) is 9.70. The van der Waals surface area contributed by atoms with E-state index in [0.717, 1.165) is 38.2 Å². The van der Waals surface area contributed by atoms with E-state index < -0.39 is 12.0 Å². The van der Waals surface area contributed by atoms with Crippen molar-refractivity contribution in [1.82, 2.24) is 9.13 Å². The number of para-hydroxylation sites is 1. The van der Waals surface area contributed by atoms with E-state index in [1.54, 1.807) is 30.2 Å². The summed E-state index contributed by atoms with van der Waals surface area (Å²) in [5, 5.41) is 1.75. The lowest BCUT2D eigenvalue weighted by atomic mass is 9.96. The van der Waals surface area contributed by atoms with Gasteiger partial charge in [0.1, 0.15) is 0 Å². The van der Waals surface area contributed by atoms with E-state index in [2.05, 4.69) is 29.7 Å². The topological polar surface area (TPSA) is 65.6 Å². The van der Waals surface area contributed by atoms with Gasteiger partial charge in [-0.1, -0.05) is 65.4 Å². The molecular formula is C34H30ClN3O3S2. The number of fused-ring (bicyclic) bond motifs is 2. The molecule has 3 aromatic carbocycles. The first-order valence-electron chi connectivity index (χ1n) is 14.0. The summed E-state index contributed by atoms with van der Waals surface area (Å²) >= 11 is 9.26. The zero-order valence-electron chi connectivity index (χ0n) is 24.3. The van der Waals surface area contributed by atoms with Crippen LogP contribution in [-0.4, -0.2) is 28.0 Å². The van der Waals surface area contributed by atoms with Gasteiger partial charge in [-0.15, -0.1) is 11.8 Å². The SMILES string of the molecule is CCOC(=O)C1=C(C)N=c2s/c(=C\c3c(C)n(Cc4cccc(Cl)c4)c4ccccc34)c(=O)n2[C@@H]1c1ccc(SC)cc1. The van der Waals surface area contributed by atoms with Crippen molar-refractivity contribution < 1.29 is 9.53 Å². The summed E-state index contributed by atoms with van der Waals surface area (Å²) in [4.78, 5) is 33.8. The minimum Gasteiger partial charge on any atom is -0.463 e. The quantitative estimate of drug-likeness (QED) is 0.153. The molecule has 0 bridgehead atoms. The van der Waals surface area contributed by atoms with Gasteiger partial charge in [0.05, 0.1) is 28.5 Å². The molecular weight excluding hydrogens is 598 g/mol. The molecule has 0 N–H and O–H groups in total. The van der Waals surface area contributed by atoms with E-state index in [-0.39, 0.29) is 12.2 Å². The lowest BCUT2D eigenvalue weighted by Crippen LogP contribution is -2.39. The van der Waals surface area contributed by atoms with Crippen molar-refractivity contribution in [1.29, 1.82) is 0 Å². The van der Waals surface area contributed by atoms with Crippen molar-refractivity contribution in [2.24, 2.45) is 4.99 Å². The van der Waals surface area contributed by atoms with E-state index in [9.17, 15) is 9.59 Å². The molecule has 0 fully saturated rings. The number of benzene rings is 3. The fourth-order valence-electron chi connectivity index (χ4n) is 5.69. The standard InChI is InChI=1S/C34H30ClN3O3S2/c1-5-41-33(40)30-20(2)36-34-38(31(30)23-13-15-25(42-4)16-14-23)32(39)29(43-34)18-27-21(3)37(28-12-7-6-11-26(27)28)19-22-9-8-10-24(35)17-22/h6-18,31H,5,19H2,1-4H3/b29-18-/t31-/m1/s1. The number of thiazole rings is 1. The Labute approximate surface area is 262 Å². The Balaban J connectivity index is 1.54. The molecule has 0 spiro atoms. The zero-order valence-corrected chi connectivity index (χ0v) is 26.6. The van der Waals surface area contributed by atoms with Crippen LogP contribution >= 0.6 is 34.7 Å². The number of thioether (sulfide) groups is 1. The number of nitrogens with zero attached hydrogens (tertiary/aromatic N) is 3. The summed E-state index contributed by atoms with van der Waals surface area (Å²) in [6.45, 7) is 6.54. The number of carbonyl (C=O) groups excluding carboxylic acids is 1. The van der Waals surface area contributed by atoms with Crippen LogP contribution < -0.4 is 14.9 Å². The van der Waals surface area contributed by atoms with Gasteiger partial charge in [0.2, 0.25) is 0 Å². The second-order valence-electron chi connectivity index (χ2n) is 10.3. The predicted molar refractivity (Wildman–Crippen MR) is 176 cm³/mol. The van der Waals surface area contributed by atoms with Crippen molar-refractivity contribution in [3.63, 3.8) is 0 Å². The number of rotatable bonds is 7. The first-order valence-corrected chi connectivity index (χ1v) is 16.4.